The molecule has 1 atom stereocenters. The third-order valence-electron chi connectivity index (χ3n) is 6.13. The molecule has 1 N–H and O–H groups in total. The maximum absolute atomic E-state index is 13.1. The summed E-state index contributed by atoms with van der Waals surface area (Å²) in [5.41, 5.74) is 1.81. The van der Waals surface area contributed by atoms with Crippen LogP contribution in [-0.4, -0.2) is 51.8 Å². The highest BCUT2D eigenvalue weighted by molar-refractivity contribution is 6.30. The van der Waals surface area contributed by atoms with Gasteiger partial charge in [-0.1, -0.05) is 50.4 Å². The van der Waals surface area contributed by atoms with E-state index in [-0.39, 0.29) is 11.6 Å². The molecule has 1 aromatic carbocycles. The van der Waals surface area contributed by atoms with Crippen LogP contribution in [0.4, 0.5) is 0 Å². The van der Waals surface area contributed by atoms with Gasteiger partial charge in [0.1, 0.15) is 0 Å². The minimum Gasteiger partial charge on any atom is -0.357 e. The van der Waals surface area contributed by atoms with Crippen LogP contribution in [0.3, 0.4) is 0 Å². The summed E-state index contributed by atoms with van der Waals surface area (Å²) in [4.78, 5) is 30.2. The Kier molecular flexibility index (Phi) is 10.0. The molecule has 4 rings (SSSR count). The Morgan fingerprint density at radius 2 is 1.91 bits per heavy atom. The minimum absolute atomic E-state index is 0.0925. The third kappa shape index (κ3) is 6.87. The van der Waals surface area contributed by atoms with Gasteiger partial charge in [-0.2, -0.15) is 5.10 Å². The van der Waals surface area contributed by atoms with Gasteiger partial charge in [-0.25, -0.2) is 4.68 Å². The fourth-order valence-electron chi connectivity index (χ4n) is 4.11. The number of hydrogen-bond donors (Lipinski definition) is 1. The number of amides is 1. The molecule has 1 saturated heterocycles. The summed E-state index contributed by atoms with van der Waals surface area (Å²) in [6.45, 7) is 7.24. The molecule has 0 spiro atoms. The quantitative estimate of drug-likeness (QED) is 0.367. The van der Waals surface area contributed by atoms with Gasteiger partial charge < -0.3 is 5.32 Å². The number of benzene rings is 1. The van der Waals surface area contributed by atoms with Crippen molar-refractivity contribution in [2.45, 2.75) is 58.5 Å². The second-order valence-corrected chi connectivity index (χ2v) is 9.00. The molecule has 8 heteroatoms. The van der Waals surface area contributed by atoms with E-state index in [0.29, 0.717) is 29.9 Å². The Labute approximate surface area is 206 Å². The maximum Gasteiger partial charge on any atom is 0.274 e. The first-order valence-corrected chi connectivity index (χ1v) is 12.4. The molecule has 3 heterocycles. The van der Waals surface area contributed by atoms with E-state index < -0.39 is 0 Å². The second kappa shape index (κ2) is 13.2. The van der Waals surface area contributed by atoms with Gasteiger partial charge in [0.05, 0.1) is 17.6 Å². The van der Waals surface area contributed by atoms with Crippen LogP contribution >= 0.6 is 11.6 Å². The number of halogens is 1. The maximum atomic E-state index is 13.1. The first-order chi connectivity index (χ1) is 16.6. The molecule has 1 fully saturated rings. The number of unbranched alkanes of at least 4 members (excludes halogenated alkanes) is 1. The molecule has 3 aromatic rings. The van der Waals surface area contributed by atoms with Crippen LogP contribution in [-0.2, 0) is 17.8 Å². The highest BCUT2D eigenvalue weighted by Crippen LogP contribution is 2.20. The predicted molar refractivity (Wildman–Crippen MR) is 137 cm³/mol. The zero-order valence-electron chi connectivity index (χ0n) is 20.0. The largest absolute Gasteiger partial charge is 0.357 e. The number of hydrogen-bond acceptors (Lipinski definition) is 5. The van der Waals surface area contributed by atoms with E-state index >= 15 is 0 Å². The van der Waals surface area contributed by atoms with Gasteiger partial charge in [-0.3, -0.25) is 19.5 Å². The Morgan fingerprint density at radius 1 is 1.15 bits per heavy atom. The predicted octanol–water partition coefficient (Wildman–Crippen LogP) is 4.05. The van der Waals surface area contributed by atoms with Gasteiger partial charge in [-0.15, -0.1) is 0 Å². The molecule has 0 aliphatic carbocycles. The summed E-state index contributed by atoms with van der Waals surface area (Å²) in [5.74, 6) is 0. The summed E-state index contributed by atoms with van der Waals surface area (Å²) >= 11 is 6.01. The van der Waals surface area contributed by atoms with Crippen LogP contribution < -0.4 is 10.9 Å². The lowest BCUT2D eigenvalue weighted by atomic mass is 10.1. The Morgan fingerprint density at radius 3 is 2.62 bits per heavy atom. The molecule has 0 bridgehead atoms. The van der Waals surface area contributed by atoms with Crippen LogP contribution in [0.15, 0.2) is 47.5 Å². The van der Waals surface area contributed by atoms with E-state index in [1.54, 1.807) is 23.1 Å². The Balaban J connectivity index is 0.000000751. The summed E-state index contributed by atoms with van der Waals surface area (Å²) < 4.78 is 1.60. The molecule has 2 aromatic heterocycles. The molecular formula is C26H34ClN5O2. The summed E-state index contributed by atoms with van der Waals surface area (Å²) in [7, 11) is 0. The molecule has 1 amide bonds. The number of aromatic nitrogens is 3. The first-order valence-electron chi connectivity index (χ1n) is 12.1. The molecule has 1 aliphatic heterocycles. The lowest BCUT2D eigenvalue weighted by Crippen LogP contribution is -2.40. The van der Waals surface area contributed by atoms with Gasteiger partial charge >= 0.3 is 0 Å². The summed E-state index contributed by atoms with van der Waals surface area (Å²) in [6.07, 6.45) is 9.40. The van der Waals surface area contributed by atoms with Crippen LogP contribution in [0.5, 0.6) is 0 Å². The van der Waals surface area contributed by atoms with Gasteiger partial charge in [0.25, 0.3) is 5.56 Å². The number of nitrogens with zero attached hydrogens (tertiary/aromatic N) is 4. The van der Waals surface area contributed by atoms with Crippen LogP contribution in [0.1, 0.15) is 50.8 Å². The zero-order valence-corrected chi connectivity index (χ0v) is 20.8. The number of carbonyl (C=O) groups excluding carboxylic acids is 1. The van der Waals surface area contributed by atoms with Crippen molar-refractivity contribution in [2.75, 3.05) is 19.6 Å². The average molecular weight is 484 g/mol. The van der Waals surface area contributed by atoms with Gasteiger partial charge in [0.15, 0.2) is 0 Å². The van der Waals surface area contributed by atoms with E-state index in [0.717, 1.165) is 49.0 Å². The third-order valence-corrected chi connectivity index (χ3v) is 6.38. The highest BCUT2D eigenvalue weighted by atomic mass is 35.5. The van der Waals surface area contributed by atoms with E-state index in [1.807, 2.05) is 24.3 Å². The van der Waals surface area contributed by atoms with Crippen LogP contribution in [0.25, 0.3) is 10.8 Å². The van der Waals surface area contributed by atoms with E-state index in [1.165, 1.54) is 12.8 Å². The second-order valence-electron chi connectivity index (χ2n) is 8.56. The van der Waals surface area contributed by atoms with E-state index in [4.69, 9.17) is 16.7 Å². The molecule has 0 saturated carbocycles. The van der Waals surface area contributed by atoms with Crippen molar-refractivity contribution >= 4 is 28.8 Å². The number of likely N-dealkylation sites (tertiary alicyclic amines) is 1. The average Bonchev–Trinajstić information content (AvgIpc) is 3.30. The summed E-state index contributed by atoms with van der Waals surface area (Å²) in [6, 6.07) is 9.66. The van der Waals surface area contributed by atoms with Gasteiger partial charge in [0.2, 0.25) is 6.41 Å². The number of carbonyl (C=O) groups is 1. The molecule has 182 valence electrons. The molecule has 0 radical (unpaired) electrons. The van der Waals surface area contributed by atoms with E-state index in [2.05, 4.69) is 29.0 Å². The van der Waals surface area contributed by atoms with Crippen LogP contribution in [0, 0.1) is 0 Å². The minimum atomic E-state index is -0.0925. The summed E-state index contributed by atoms with van der Waals surface area (Å²) in [5, 5.41) is 9.57. The van der Waals surface area contributed by atoms with Crippen molar-refractivity contribution in [3.05, 3.63) is 69.4 Å². The lowest BCUT2D eigenvalue weighted by molar-refractivity contribution is -0.109. The molecule has 1 unspecified atom stereocenters. The van der Waals surface area contributed by atoms with Crippen molar-refractivity contribution in [1.29, 1.82) is 0 Å². The van der Waals surface area contributed by atoms with Crippen molar-refractivity contribution in [2.24, 2.45) is 0 Å². The van der Waals surface area contributed by atoms with Crippen molar-refractivity contribution in [1.82, 2.24) is 25.0 Å². The van der Waals surface area contributed by atoms with Crippen molar-refractivity contribution in [3.8, 4) is 0 Å². The number of rotatable bonds is 9. The smallest absolute Gasteiger partial charge is 0.274 e. The van der Waals surface area contributed by atoms with Crippen LogP contribution in [0.2, 0.25) is 5.02 Å². The SMILES string of the molecule is CCCC.O=CNCCN1CCCC1Cn1nc(Cc2ccc(Cl)cc2)c2cnccc2c1=O. The Hall–Kier alpha value is -2.77. The number of fused-ring (bicyclic) bond motifs is 1. The molecule has 34 heavy (non-hydrogen) atoms. The van der Waals surface area contributed by atoms with Crippen molar-refractivity contribution < 1.29 is 4.79 Å². The molecular weight excluding hydrogens is 450 g/mol. The number of pyridine rings is 1. The van der Waals surface area contributed by atoms with Gasteiger partial charge in [-0.05, 0) is 43.1 Å². The fraction of sp³-hybridized carbons (Fsp3) is 0.462. The molecule has 1 aliphatic rings. The lowest BCUT2D eigenvalue weighted by Gasteiger charge is -2.24. The fourth-order valence-corrected chi connectivity index (χ4v) is 4.23. The first kappa shape index (κ1) is 25.8. The topological polar surface area (TPSA) is 80.1 Å². The number of nitrogens with one attached hydrogen (secondary N) is 1. The standard InChI is InChI=1S/C22H24ClN5O2.C4H10/c23-17-5-3-16(4-6-17)12-21-20-13-24-8-7-19(20)22(30)28(26-21)14-18-2-1-10-27(18)11-9-25-15-29;1-3-4-2/h3-8,13,15,18H,1-2,9-12,14H2,(H,25,29);3-4H2,1-2H3. The van der Waals surface area contributed by atoms with Gasteiger partial charge in [0, 0.05) is 48.4 Å². The highest BCUT2D eigenvalue weighted by Gasteiger charge is 2.25. The monoisotopic (exact) mass is 483 g/mol. The van der Waals surface area contributed by atoms with E-state index in [9.17, 15) is 9.59 Å². The normalized spacial score (nSPS) is 15.7. The zero-order chi connectivity index (χ0) is 24.3. The van der Waals surface area contributed by atoms with Crippen molar-refractivity contribution in [3.63, 3.8) is 0 Å². The Bertz CT molecular complexity index is 1110. The molecule has 7 nitrogen and oxygen atoms in total.